The SMILES string of the molecule is Cc1cc(Br)cc2[nH]c(C(C)(C)CO)nc12. The Morgan fingerprint density at radius 1 is 1.44 bits per heavy atom. The van der Waals surface area contributed by atoms with Gasteiger partial charge in [-0.3, -0.25) is 0 Å². The number of aromatic amines is 1. The molecule has 0 fully saturated rings. The monoisotopic (exact) mass is 282 g/mol. The Balaban J connectivity index is 2.65. The molecule has 0 aliphatic rings. The molecule has 86 valence electrons. The van der Waals surface area contributed by atoms with E-state index in [0.29, 0.717) is 0 Å². The van der Waals surface area contributed by atoms with Crippen LogP contribution in [-0.4, -0.2) is 21.7 Å². The van der Waals surface area contributed by atoms with E-state index in [0.717, 1.165) is 26.9 Å². The first-order valence-corrected chi connectivity index (χ1v) is 6.00. The van der Waals surface area contributed by atoms with Crippen LogP contribution in [0.3, 0.4) is 0 Å². The topological polar surface area (TPSA) is 48.9 Å². The molecule has 0 atom stereocenters. The van der Waals surface area contributed by atoms with Crippen molar-refractivity contribution >= 4 is 27.0 Å². The van der Waals surface area contributed by atoms with Crippen molar-refractivity contribution < 1.29 is 5.11 Å². The molecule has 2 rings (SSSR count). The summed E-state index contributed by atoms with van der Waals surface area (Å²) in [6.07, 6.45) is 0. The molecule has 0 saturated carbocycles. The molecule has 2 N–H and O–H groups in total. The standard InChI is InChI=1S/C12H15BrN2O/c1-7-4-8(13)5-9-10(7)15-11(14-9)12(2,3)6-16/h4-5,16H,6H2,1-3H3,(H,14,15). The Morgan fingerprint density at radius 2 is 2.12 bits per heavy atom. The number of hydrogen-bond donors (Lipinski definition) is 2. The van der Waals surface area contributed by atoms with E-state index in [1.807, 2.05) is 32.9 Å². The zero-order valence-electron chi connectivity index (χ0n) is 9.63. The average Bonchev–Trinajstić information content (AvgIpc) is 2.62. The van der Waals surface area contributed by atoms with Crippen LogP contribution in [0, 0.1) is 6.92 Å². The predicted octanol–water partition coefficient (Wildman–Crippen LogP) is 2.90. The third-order valence-electron chi connectivity index (χ3n) is 2.78. The number of rotatable bonds is 2. The van der Waals surface area contributed by atoms with Crippen LogP contribution in [0.25, 0.3) is 11.0 Å². The molecule has 0 spiro atoms. The van der Waals surface area contributed by atoms with E-state index in [2.05, 4.69) is 25.9 Å². The summed E-state index contributed by atoms with van der Waals surface area (Å²) in [4.78, 5) is 7.83. The molecule has 16 heavy (non-hydrogen) atoms. The van der Waals surface area contributed by atoms with E-state index >= 15 is 0 Å². The summed E-state index contributed by atoms with van der Waals surface area (Å²) < 4.78 is 1.04. The lowest BCUT2D eigenvalue weighted by atomic mass is 9.94. The summed E-state index contributed by atoms with van der Waals surface area (Å²) in [6, 6.07) is 4.05. The molecule has 4 heteroatoms. The van der Waals surface area contributed by atoms with Crippen molar-refractivity contribution in [3.8, 4) is 0 Å². The minimum atomic E-state index is -0.335. The van der Waals surface area contributed by atoms with Crippen LogP contribution in [0.1, 0.15) is 25.2 Å². The van der Waals surface area contributed by atoms with Crippen LogP contribution in [-0.2, 0) is 5.41 Å². The number of aromatic nitrogens is 2. The highest BCUT2D eigenvalue weighted by atomic mass is 79.9. The number of imidazole rings is 1. The Labute approximate surface area is 103 Å². The Kier molecular flexibility index (Phi) is 2.80. The van der Waals surface area contributed by atoms with Crippen molar-refractivity contribution in [2.45, 2.75) is 26.2 Å². The fourth-order valence-electron chi connectivity index (χ4n) is 1.64. The summed E-state index contributed by atoms with van der Waals surface area (Å²) in [7, 11) is 0. The molecule has 0 unspecified atom stereocenters. The zero-order valence-corrected chi connectivity index (χ0v) is 11.2. The molecule has 0 radical (unpaired) electrons. The van der Waals surface area contributed by atoms with E-state index in [1.54, 1.807) is 0 Å². The largest absolute Gasteiger partial charge is 0.395 e. The lowest BCUT2D eigenvalue weighted by Gasteiger charge is -2.17. The van der Waals surface area contributed by atoms with E-state index < -0.39 is 0 Å². The summed E-state index contributed by atoms with van der Waals surface area (Å²) in [5, 5.41) is 9.33. The molecule has 0 aliphatic carbocycles. The van der Waals surface area contributed by atoms with Crippen LogP contribution < -0.4 is 0 Å². The maximum atomic E-state index is 9.33. The van der Waals surface area contributed by atoms with Gasteiger partial charge in [-0.2, -0.15) is 0 Å². The quantitative estimate of drug-likeness (QED) is 0.890. The van der Waals surface area contributed by atoms with Crippen LogP contribution in [0.4, 0.5) is 0 Å². The number of aliphatic hydroxyl groups is 1. The van der Waals surface area contributed by atoms with Crippen molar-refractivity contribution in [3.05, 3.63) is 28.0 Å². The number of fused-ring (bicyclic) bond motifs is 1. The van der Waals surface area contributed by atoms with Gasteiger partial charge in [0.25, 0.3) is 0 Å². The third-order valence-corrected chi connectivity index (χ3v) is 3.24. The van der Waals surface area contributed by atoms with Crippen LogP contribution in [0.15, 0.2) is 16.6 Å². The molecule has 3 nitrogen and oxygen atoms in total. The Bertz CT molecular complexity index is 531. The number of aryl methyl sites for hydroxylation is 1. The summed E-state index contributed by atoms with van der Waals surface area (Å²) in [5.74, 6) is 0.825. The number of nitrogens with one attached hydrogen (secondary N) is 1. The molecule has 0 aliphatic heterocycles. The lowest BCUT2D eigenvalue weighted by Crippen LogP contribution is -2.23. The highest BCUT2D eigenvalue weighted by Crippen LogP contribution is 2.26. The van der Waals surface area contributed by atoms with Crippen LogP contribution >= 0.6 is 15.9 Å². The molecule has 0 bridgehead atoms. The van der Waals surface area contributed by atoms with E-state index in [4.69, 9.17) is 0 Å². The third kappa shape index (κ3) is 1.87. The molecule has 1 heterocycles. The second-order valence-electron chi connectivity index (χ2n) is 4.75. The highest BCUT2D eigenvalue weighted by Gasteiger charge is 2.23. The van der Waals surface area contributed by atoms with Gasteiger partial charge in [-0.15, -0.1) is 0 Å². The number of hydrogen-bond acceptors (Lipinski definition) is 2. The van der Waals surface area contributed by atoms with E-state index in [1.165, 1.54) is 0 Å². The zero-order chi connectivity index (χ0) is 11.9. The van der Waals surface area contributed by atoms with Crippen molar-refractivity contribution in [2.75, 3.05) is 6.61 Å². The van der Waals surface area contributed by atoms with Gasteiger partial charge in [0.05, 0.1) is 17.6 Å². The first-order valence-electron chi connectivity index (χ1n) is 5.21. The molecular formula is C12H15BrN2O. The number of H-pyrrole nitrogens is 1. The minimum Gasteiger partial charge on any atom is -0.395 e. The summed E-state index contributed by atoms with van der Waals surface area (Å²) >= 11 is 3.46. The lowest BCUT2D eigenvalue weighted by molar-refractivity contribution is 0.213. The van der Waals surface area contributed by atoms with Crippen molar-refractivity contribution in [3.63, 3.8) is 0 Å². The van der Waals surface area contributed by atoms with Gasteiger partial charge in [0.15, 0.2) is 0 Å². The molecular weight excluding hydrogens is 268 g/mol. The van der Waals surface area contributed by atoms with Gasteiger partial charge in [-0.05, 0) is 24.6 Å². The smallest absolute Gasteiger partial charge is 0.115 e. The average molecular weight is 283 g/mol. The van der Waals surface area contributed by atoms with E-state index in [-0.39, 0.29) is 12.0 Å². The Hall–Kier alpha value is -0.870. The summed E-state index contributed by atoms with van der Waals surface area (Å²) in [6.45, 7) is 6.04. The fraction of sp³-hybridized carbons (Fsp3) is 0.417. The first kappa shape index (κ1) is 11.6. The summed E-state index contributed by atoms with van der Waals surface area (Å²) in [5.41, 5.74) is 2.77. The maximum absolute atomic E-state index is 9.33. The molecule has 0 amide bonds. The van der Waals surface area contributed by atoms with Crippen molar-refractivity contribution in [1.29, 1.82) is 0 Å². The minimum absolute atomic E-state index is 0.0764. The Morgan fingerprint density at radius 3 is 2.75 bits per heavy atom. The highest BCUT2D eigenvalue weighted by molar-refractivity contribution is 9.10. The molecule has 1 aromatic heterocycles. The number of aliphatic hydroxyl groups excluding tert-OH is 1. The number of benzene rings is 1. The van der Waals surface area contributed by atoms with Gasteiger partial charge < -0.3 is 10.1 Å². The normalized spacial score (nSPS) is 12.3. The van der Waals surface area contributed by atoms with Gasteiger partial charge in [-0.1, -0.05) is 29.8 Å². The maximum Gasteiger partial charge on any atom is 0.115 e. The van der Waals surface area contributed by atoms with E-state index in [9.17, 15) is 5.11 Å². The number of nitrogens with zero attached hydrogens (tertiary/aromatic N) is 1. The van der Waals surface area contributed by atoms with Gasteiger partial charge in [0.2, 0.25) is 0 Å². The first-order chi connectivity index (χ1) is 7.44. The van der Waals surface area contributed by atoms with Gasteiger partial charge in [-0.25, -0.2) is 4.98 Å². The van der Waals surface area contributed by atoms with Crippen molar-refractivity contribution in [1.82, 2.24) is 9.97 Å². The fourth-order valence-corrected chi connectivity index (χ4v) is 2.21. The van der Waals surface area contributed by atoms with Gasteiger partial charge in [0, 0.05) is 9.89 Å². The van der Waals surface area contributed by atoms with Crippen LogP contribution in [0.5, 0.6) is 0 Å². The second kappa shape index (κ2) is 3.86. The molecule has 0 saturated heterocycles. The van der Waals surface area contributed by atoms with Gasteiger partial charge in [0.1, 0.15) is 5.82 Å². The molecule has 1 aromatic carbocycles. The second-order valence-corrected chi connectivity index (χ2v) is 5.66. The predicted molar refractivity (Wildman–Crippen MR) is 68.6 cm³/mol. The molecule has 2 aromatic rings. The van der Waals surface area contributed by atoms with Crippen molar-refractivity contribution in [2.24, 2.45) is 0 Å². The number of halogens is 1. The van der Waals surface area contributed by atoms with Gasteiger partial charge >= 0.3 is 0 Å². The van der Waals surface area contributed by atoms with Crippen LogP contribution in [0.2, 0.25) is 0 Å².